The molecule has 1 atom stereocenters. The molecule has 3 rings (SSSR count). The Hall–Kier alpha value is -2.09. The van der Waals surface area contributed by atoms with Gasteiger partial charge in [-0.2, -0.15) is 0 Å². The zero-order valence-corrected chi connectivity index (χ0v) is 15.0. The van der Waals surface area contributed by atoms with Crippen molar-refractivity contribution in [3.05, 3.63) is 64.2 Å². The van der Waals surface area contributed by atoms with Gasteiger partial charge in [0.05, 0.1) is 17.6 Å². The van der Waals surface area contributed by atoms with E-state index in [4.69, 9.17) is 0 Å². The van der Waals surface area contributed by atoms with Crippen LogP contribution >= 0.6 is 0 Å². The van der Waals surface area contributed by atoms with E-state index in [9.17, 15) is 0 Å². The van der Waals surface area contributed by atoms with Crippen LogP contribution in [0, 0.1) is 13.8 Å². The van der Waals surface area contributed by atoms with Crippen molar-refractivity contribution in [1.29, 1.82) is 0 Å². The van der Waals surface area contributed by atoms with Crippen LogP contribution in [0.1, 0.15) is 54.5 Å². The number of benzene rings is 2. The van der Waals surface area contributed by atoms with Crippen molar-refractivity contribution in [2.24, 2.45) is 4.99 Å². The highest BCUT2D eigenvalue weighted by Crippen LogP contribution is 2.44. The molecule has 1 heterocycles. The highest BCUT2D eigenvalue weighted by molar-refractivity contribution is 5.72. The van der Waals surface area contributed by atoms with Crippen LogP contribution in [0.25, 0.3) is 0 Å². The molecular weight excluding hydrogens is 280 g/mol. The summed E-state index contributed by atoms with van der Waals surface area (Å²) in [4.78, 5) is 6.89. The molecule has 0 N–H and O–H groups in total. The summed E-state index contributed by atoms with van der Waals surface area (Å²) in [5.41, 5.74) is 7.51. The predicted octanol–water partition coefficient (Wildman–Crippen LogP) is 5.30. The van der Waals surface area contributed by atoms with Crippen LogP contribution in [0.2, 0.25) is 0 Å². The van der Waals surface area contributed by atoms with Crippen molar-refractivity contribution in [3.8, 4) is 0 Å². The van der Waals surface area contributed by atoms with E-state index >= 15 is 0 Å². The number of fused-ring (bicyclic) bond motifs is 1. The number of hydrogen-bond donors (Lipinski definition) is 0. The molecule has 2 heteroatoms. The number of hydrogen-bond acceptors (Lipinski definition) is 2. The first-order chi connectivity index (χ1) is 10.8. The monoisotopic (exact) mass is 306 g/mol. The van der Waals surface area contributed by atoms with E-state index in [1.54, 1.807) is 0 Å². The molecule has 0 spiro atoms. The summed E-state index contributed by atoms with van der Waals surface area (Å²) >= 11 is 0. The van der Waals surface area contributed by atoms with Crippen molar-refractivity contribution in [1.82, 2.24) is 4.90 Å². The Morgan fingerprint density at radius 2 is 1.74 bits per heavy atom. The lowest BCUT2D eigenvalue weighted by Gasteiger charge is -2.43. The third-order valence-corrected chi connectivity index (χ3v) is 5.20. The van der Waals surface area contributed by atoms with Gasteiger partial charge in [0, 0.05) is 12.6 Å². The van der Waals surface area contributed by atoms with Crippen LogP contribution in [0.4, 0.5) is 5.69 Å². The smallest absolute Gasteiger partial charge is 0.0919 e. The zero-order valence-electron chi connectivity index (χ0n) is 15.0. The van der Waals surface area contributed by atoms with Gasteiger partial charge in [-0.25, -0.2) is 4.99 Å². The first kappa shape index (κ1) is 15.8. The minimum absolute atomic E-state index is 0.196. The standard InChI is InChI=1S/C21H26N2/c1-14(2)17-9-10-20-19(12-17)21(5,23(6)13-22-20)18-11-15(3)7-8-16(18)4/h7-14H,1-6H3. The first-order valence-electron chi connectivity index (χ1n) is 8.33. The fraction of sp³-hybridized carbons (Fsp3) is 0.381. The average Bonchev–Trinajstić information content (AvgIpc) is 2.53. The fourth-order valence-corrected chi connectivity index (χ4v) is 3.46. The van der Waals surface area contributed by atoms with Gasteiger partial charge in [-0.1, -0.05) is 49.7 Å². The Balaban J connectivity index is 2.28. The molecule has 120 valence electrons. The van der Waals surface area contributed by atoms with Crippen molar-refractivity contribution in [2.45, 2.75) is 46.1 Å². The highest BCUT2D eigenvalue weighted by atomic mass is 15.2. The highest BCUT2D eigenvalue weighted by Gasteiger charge is 2.38. The first-order valence-corrected chi connectivity index (χ1v) is 8.33. The summed E-state index contributed by atoms with van der Waals surface area (Å²) in [5.74, 6) is 0.513. The van der Waals surface area contributed by atoms with Crippen LogP contribution in [0.15, 0.2) is 41.4 Å². The van der Waals surface area contributed by atoms with Crippen LogP contribution in [0.3, 0.4) is 0 Å². The van der Waals surface area contributed by atoms with Crippen molar-refractivity contribution < 1.29 is 0 Å². The van der Waals surface area contributed by atoms with Crippen molar-refractivity contribution in [3.63, 3.8) is 0 Å². The maximum atomic E-state index is 4.65. The van der Waals surface area contributed by atoms with Crippen molar-refractivity contribution >= 4 is 12.0 Å². The average molecular weight is 306 g/mol. The Morgan fingerprint density at radius 1 is 1.00 bits per heavy atom. The lowest BCUT2D eigenvalue weighted by molar-refractivity contribution is 0.290. The van der Waals surface area contributed by atoms with Gasteiger partial charge in [0.15, 0.2) is 0 Å². The lowest BCUT2D eigenvalue weighted by atomic mass is 9.78. The van der Waals surface area contributed by atoms with Crippen LogP contribution in [0.5, 0.6) is 0 Å². The normalized spacial score (nSPS) is 20.0. The molecule has 0 fully saturated rings. The summed E-state index contributed by atoms with van der Waals surface area (Å²) < 4.78 is 0. The Kier molecular flexibility index (Phi) is 3.79. The fourth-order valence-electron chi connectivity index (χ4n) is 3.46. The molecule has 1 aliphatic heterocycles. The van der Waals surface area contributed by atoms with E-state index in [1.165, 1.54) is 27.8 Å². The van der Waals surface area contributed by atoms with Gasteiger partial charge in [0.2, 0.25) is 0 Å². The molecule has 1 unspecified atom stereocenters. The molecule has 0 radical (unpaired) electrons. The van der Waals surface area contributed by atoms with Gasteiger partial charge in [-0.15, -0.1) is 0 Å². The van der Waals surface area contributed by atoms with Gasteiger partial charge in [0.1, 0.15) is 0 Å². The van der Waals surface area contributed by atoms with Gasteiger partial charge in [-0.05, 0) is 49.4 Å². The summed E-state index contributed by atoms with van der Waals surface area (Å²) in [5, 5.41) is 0. The molecule has 0 aromatic heterocycles. The molecule has 2 aromatic carbocycles. The summed E-state index contributed by atoms with van der Waals surface area (Å²) in [7, 11) is 2.12. The molecule has 23 heavy (non-hydrogen) atoms. The SMILES string of the molecule is Cc1ccc(C)c(C2(C)c3cc(C(C)C)ccc3N=CN2C)c1. The molecule has 2 nitrogen and oxygen atoms in total. The van der Waals surface area contributed by atoms with Crippen LogP contribution in [-0.4, -0.2) is 18.3 Å². The summed E-state index contributed by atoms with van der Waals surface area (Å²) in [6, 6.07) is 13.4. The minimum Gasteiger partial charge on any atom is -0.352 e. The molecule has 0 bridgehead atoms. The summed E-state index contributed by atoms with van der Waals surface area (Å²) in [6.45, 7) is 11.2. The molecule has 1 aliphatic rings. The van der Waals surface area contributed by atoms with E-state index in [0.29, 0.717) is 5.92 Å². The number of rotatable bonds is 2. The molecule has 0 amide bonds. The third kappa shape index (κ3) is 2.46. The minimum atomic E-state index is -0.196. The molecule has 0 aliphatic carbocycles. The van der Waals surface area contributed by atoms with E-state index in [-0.39, 0.29) is 5.54 Å². The summed E-state index contributed by atoms with van der Waals surface area (Å²) in [6.07, 6.45) is 1.96. The number of aryl methyl sites for hydroxylation is 2. The second-order valence-corrected chi connectivity index (χ2v) is 7.18. The Bertz CT molecular complexity index is 773. The van der Waals surface area contributed by atoms with E-state index in [2.05, 4.69) is 88.0 Å². The largest absolute Gasteiger partial charge is 0.352 e. The predicted molar refractivity (Wildman–Crippen MR) is 98.8 cm³/mol. The molecule has 0 saturated heterocycles. The van der Waals surface area contributed by atoms with Gasteiger partial charge >= 0.3 is 0 Å². The maximum absolute atomic E-state index is 4.65. The van der Waals surface area contributed by atoms with Crippen LogP contribution in [-0.2, 0) is 5.54 Å². The van der Waals surface area contributed by atoms with Gasteiger partial charge in [-0.3, -0.25) is 0 Å². The maximum Gasteiger partial charge on any atom is 0.0919 e. The topological polar surface area (TPSA) is 15.6 Å². The molecular formula is C21H26N2. The second kappa shape index (κ2) is 5.52. The van der Waals surface area contributed by atoms with Gasteiger partial charge in [0.25, 0.3) is 0 Å². The number of nitrogens with zero attached hydrogens (tertiary/aromatic N) is 2. The third-order valence-electron chi connectivity index (χ3n) is 5.20. The lowest BCUT2D eigenvalue weighted by Crippen LogP contribution is -2.43. The van der Waals surface area contributed by atoms with Gasteiger partial charge < -0.3 is 4.90 Å². The van der Waals surface area contributed by atoms with E-state index in [0.717, 1.165) is 5.69 Å². The van der Waals surface area contributed by atoms with E-state index < -0.39 is 0 Å². The second-order valence-electron chi connectivity index (χ2n) is 7.18. The quantitative estimate of drug-likeness (QED) is 0.735. The van der Waals surface area contributed by atoms with Crippen LogP contribution < -0.4 is 0 Å². The number of aliphatic imine (C=N–C) groups is 1. The van der Waals surface area contributed by atoms with E-state index in [1.807, 2.05) is 6.34 Å². The molecule has 0 saturated carbocycles. The van der Waals surface area contributed by atoms with Crippen molar-refractivity contribution in [2.75, 3.05) is 7.05 Å². The molecule has 2 aromatic rings. The Morgan fingerprint density at radius 3 is 2.43 bits per heavy atom. The zero-order chi connectivity index (χ0) is 16.8. The Labute approximate surface area is 139 Å².